The maximum absolute atomic E-state index is 12.0. The van der Waals surface area contributed by atoms with Gasteiger partial charge in [0.1, 0.15) is 11.9 Å². The molecule has 1 rings (SSSR count). The van der Waals surface area contributed by atoms with Crippen LogP contribution in [0.5, 0.6) is 0 Å². The zero-order valence-electron chi connectivity index (χ0n) is 13.2. The molecule has 0 spiro atoms. The van der Waals surface area contributed by atoms with Crippen molar-refractivity contribution in [1.29, 1.82) is 0 Å². The highest BCUT2D eigenvalue weighted by molar-refractivity contribution is 9.10. The fraction of sp³-hybridized carbons (Fsp3) is 0.429. The molecule has 1 unspecified atom stereocenters. The van der Waals surface area contributed by atoms with Gasteiger partial charge in [-0.1, -0.05) is 29.8 Å². The zero-order chi connectivity index (χ0) is 18.3. The van der Waals surface area contributed by atoms with Crippen molar-refractivity contribution < 1.29 is 22.6 Å². The molecule has 0 fully saturated rings. The minimum atomic E-state index is -4.33. The number of carbonyl (C=O) groups excluding carboxylic acids is 2. The van der Waals surface area contributed by atoms with Gasteiger partial charge in [-0.3, -0.25) is 9.35 Å². The third-order valence-electron chi connectivity index (χ3n) is 2.86. The largest absolute Gasteiger partial charge is 0.338 e. The molecule has 24 heavy (non-hydrogen) atoms. The Labute approximate surface area is 149 Å². The number of rotatable bonds is 7. The van der Waals surface area contributed by atoms with E-state index in [9.17, 15) is 18.0 Å². The van der Waals surface area contributed by atoms with Crippen molar-refractivity contribution in [2.45, 2.75) is 26.3 Å². The number of nitrogens with one attached hydrogen (secondary N) is 3. The Morgan fingerprint density at radius 3 is 2.29 bits per heavy atom. The lowest BCUT2D eigenvalue weighted by Crippen LogP contribution is -2.49. The van der Waals surface area contributed by atoms with Crippen molar-refractivity contribution in [3.8, 4) is 0 Å². The molecule has 4 N–H and O–H groups in total. The summed E-state index contributed by atoms with van der Waals surface area (Å²) in [5.74, 6) is -1.51. The molecular formula is C14H20BrN3O5S. The highest BCUT2D eigenvalue weighted by Gasteiger charge is 2.23. The van der Waals surface area contributed by atoms with Gasteiger partial charge in [-0.15, -0.1) is 0 Å². The molecule has 8 nitrogen and oxygen atoms in total. The van der Waals surface area contributed by atoms with Crippen molar-refractivity contribution in [3.05, 3.63) is 28.7 Å². The summed E-state index contributed by atoms with van der Waals surface area (Å²) in [6.07, 6.45) is 0.311. The summed E-state index contributed by atoms with van der Waals surface area (Å²) >= 11 is 3.28. The van der Waals surface area contributed by atoms with Crippen molar-refractivity contribution in [2.75, 3.05) is 11.2 Å². The van der Waals surface area contributed by atoms with Crippen LogP contribution in [0.3, 0.4) is 0 Å². The molecule has 0 bridgehead atoms. The topological polar surface area (TPSA) is 125 Å². The smallest absolute Gasteiger partial charge is 0.319 e. The predicted molar refractivity (Wildman–Crippen MR) is 94.1 cm³/mol. The van der Waals surface area contributed by atoms with Gasteiger partial charge in [0.05, 0.1) is 0 Å². The SMILES string of the molecule is CC(C)CC(NC(=O)Nc1ccc(Br)cc1)C(=O)NCS(=O)(=O)O. The van der Waals surface area contributed by atoms with Crippen LogP contribution < -0.4 is 16.0 Å². The van der Waals surface area contributed by atoms with Gasteiger partial charge in [-0.2, -0.15) is 8.42 Å². The normalized spacial score (nSPS) is 12.5. The van der Waals surface area contributed by atoms with Gasteiger partial charge in [0.2, 0.25) is 5.91 Å². The molecule has 0 aliphatic heterocycles. The van der Waals surface area contributed by atoms with E-state index in [1.807, 2.05) is 13.8 Å². The Morgan fingerprint density at radius 2 is 1.79 bits per heavy atom. The molecule has 134 valence electrons. The molecular weight excluding hydrogens is 402 g/mol. The summed E-state index contributed by atoms with van der Waals surface area (Å²) in [6, 6.07) is 5.34. The Morgan fingerprint density at radius 1 is 1.21 bits per heavy atom. The average Bonchev–Trinajstić information content (AvgIpc) is 2.45. The van der Waals surface area contributed by atoms with E-state index in [0.717, 1.165) is 4.47 Å². The van der Waals surface area contributed by atoms with Crippen molar-refractivity contribution in [3.63, 3.8) is 0 Å². The van der Waals surface area contributed by atoms with Crippen LogP contribution in [0, 0.1) is 5.92 Å². The number of hydrogen-bond donors (Lipinski definition) is 4. The van der Waals surface area contributed by atoms with E-state index in [2.05, 4.69) is 31.9 Å². The molecule has 0 aromatic heterocycles. The van der Waals surface area contributed by atoms with Crippen LogP contribution >= 0.6 is 15.9 Å². The molecule has 0 radical (unpaired) electrons. The fourth-order valence-electron chi connectivity index (χ4n) is 1.85. The van der Waals surface area contributed by atoms with Crippen LogP contribution in [0.1, 0.15) is 20.3 Å². The molecule has 0 saturated carbocycles. The van der Waals surface area contributed by atoms with Gasteiger partial charge in [-0.05, 0) is 36.6 Å². The third-order valence-corrected chi connectivity index (χ3v) is 3.90. The Kier molecular flexibility index (Phi) is 7.64. The van der Waals surface area contributed by atoms with Gasteiger partial charge in [0.25, 0.3) is 10.1 Å². The van der Waals surface area contributed by atoms with Gasteiger partial charge < -0.3 is 16.0 Å². The molecule has 1 aromatic carbocycles. The fourth-order valence-corrected chi connectivity index (χ4v) is 2.44. The summed E-state index contributed by atoms with van der Waals surface area (Å²) in [7, 11) is -4.33. The van der Waals surface area contributed by atoms with Gasteiger partial charge >= 0.3 is 6.03 Å². The van der Waals surface area contributed by atoms with E-state index < -0.39 is 34.0 Å². The number of benzene rings is 1. The number of anilines is 1. The van der Waals surface area contributed by atoms with Gasteiger partial charge in [-0.25, -0.2) is 4.79 Å². The van der Waals surface area contributed by atoms with Crippen LogP contribution in [-0.4, -0.2) is 36.8 Å². The summed E-state index contributed by atoms with van der Waals surface area (Å²) < 4.78 is 31.0. The lowest BCUT2D eigenvalue weighted by atomic mass is 10.0. The first kappa shape index (κ1) is 20.4. The minimum Gasteiger partial charge on any atom is -0.338 e. The number of urea groups is 1. The van der Waals surface area contributed by atoms with E-state index in [1.165, 1.54) is 0 Å². The van der Waals surface area contributed by atoms with Gasteiger partial charge in [0, 0.05) is 10.2 Å². The van der Waals surface area contributed by atoms with Crippen LogP contribution in [-0.2, 0) is 14.9 Å². The Bertz CT molecular complexity index is 676. The first-order chi connectivity index (χ1) is 11.1. The predicted octanol–water partition coefficient (Wildman–Crippen LogP) is 1.95. The average molecular weight is 422 g/mol. The van der Waals surface area contributed by atoms with Crippen LogP contribution in [0.25, 0.3) is 0 Å². The molecule has 0 aliphatic carbocycles. The van der Waals surface area contributed by atoms with Crippen LogP contribution in [0.2, 0.25) is 0 Å². The van der Waals surface area contributed by atoms with Crippen LogP contribution in [0.4, 0.5) is 10.5 Å². The number of amides is 3. The summed E-state index contributed by atoms with van der Waals surface area (Å²) in [4.78, 5) is 24.0. The molecule has 0 heterocycles. The molecule has 10 heteroatoms. The molecule has 1 atom stereocenters. The van der Waals surface area contributed by atoms with Gasteiger partial charge in [0.15, 0.2) is 0 Å². The van der Waals surface area contributed by atoms with Crippen molar-refractivity contribution in [1.82, 2.24) is 10.6 Å². The standard InChI is InChI=1S/C14H20BrN3O5S/c1-9(2)7-12(13(19)16-8-24(21,22)23)18-14(20)17-11-5-3-10(15)4-6-11/h3-6,9,12H,7-8H2,1-2H3,(H,16,19)(H2,17,18,20)(H,21,22,23). The van der Waals surface area contributed by atoms with E-state index in [4.69, 9.17) is 4.55 Å². The summed E-state index contributed by atoms with van der Waals surface area (Å²) in [5.41, 5.74) is 0.539. The van der Waals surface area contributed by atoms with Crippen molar-refractivity contribution in [2.24, 2.45) is 5.92 Å². The highest BCUT2D eigenvalue weighted by atomic mass is 79.9. The molecule has 1 aromatic rings. The van der Waals surface area contributed by atoms with E-state index in [-0.39, 0.29) is 5.92 Å². The van der Waals surface area contributed by atoms with E-state index in [1.54, 1.807) is 24.3 Å². The molecule has 0 saturated heterocycles. The number of carbonyl (C=O) groups is 2. The first-order valence-corrected chi connectivity index (χ1v) is 9.53. The maximum Gasteiger partial charge on any atom is 0.319 e. The Balaban J connectivity index is 2.68. The van der Waals surface area contributed by atoms with E-state index >= 15 is 0 Å². The second-order valence-corrected chi connectivity index (χ2v) is 7.92. The number of halogens is 1. The summed E-state index contributed by atoms with van der Waals surface area (Å²) in [5, 5.41) is 7.16. The monoisotopic (exact) mass is 421 g/mol. The molecule has 3 amide bonds. The first-order valence-electron chi connectivity index (χ1n) is 7.13. The number of hydrogen-bond acceptors (Lipinski definition) is 4. The van der Waals surface area contributed by atoms with Crippen molar-refractivity contribution >= 4 is 43.7 Å². The highest BCUT2D eigenvalue weighted by Crippen LogP contribution is 2.14. The lowest BCUT2D eigenvalue weighted by Gasteiger charge is -2.20. The maximum atomic E-state index is 12.0. The van der Waals surface area contributed by atoms with Crippen LogP contribution in [0.15, 0.2) is 28.7 Å². The minimum absolute atomic E-state index is 0.0828. The molecule has 0 aliphatic rings. The van der Waals surface area contributed by atoms with E-state index in [0.29, 0.717) is 12.1 Å². The second-order valence-electron chi connectivity index (χ2n) is 5.55. The second kappa shape index (κ2) is 9.00. The summed E-state index contributed by atoms with van der Waals surface area (Å²) in [6.45, 7) is 3.72. The Hall–Kier alpha value is -1.65. The zero-order valence-corrected chi connectivity index (χ0v) is 15.6. The lowest BCUT2D eigenvalue weighted by molar-refractivity contribution is -0.122. The third kappa shape index (κ3) is 8.27. The quantitative estimate of drug-likeness (QED) is 0.500.